The number of anilines is 1. The van der Waals surface area contributed by atoms with Crippen LogP contribution in [0.25, 0.3) is 10.9 Å². The fourth-order valence-corrected chi connectivity index (χ4v) is 3.07. The SMILES string of the molecule is Cc1ccnc(NC(=O)Cn2c(C)c(Br)c3ccccc32)c1. The molecule has 5 heteroatoms. The van der Waals surface area contributed by atoms with Gasteiger partial charge in [0.05, 0.1) is 0 Å². The molecule has 0 aliphatic carbocycles. The number of rotatable bonds is 3. The van der Waals surface area contributed by atoms with Crippen molar-refractivity contribution < 1.29 is 4.79 Å². The Kier molecular flexibility index (Phi) is 3.98. The fraction of sp³-hybridized carbons (Fsp3) is 0.176. The Bertz CT molecular complexity index is 854. The highest BCUT2D eigenvalue weighted by molar-refractivity contribution is 9.10. The van der Waals surface area contributed by atoms with E-state index in [4.69, 9.17) is 0 Å². The first-order chi connectivity index (χ1) is 10.6. The third-order valence-corrected chi connectivity index (χ3v) is 4.64. The second-order valence-electron chi connectivity index (χ2n) is 5.27. The van der Waals surface area contributed by atoms with E-state index in [1.165, 1.54) is 0 Å². The van der Waals surface area contributed by atoms with E-state index in [2.05, 4.69) is 26.2 Å². The molecule has 4 nitrogen and oxygen atoms in total. The molecule has 1 amide bonds. The summed E-state index contributed by atoms with van der Waals surface area (Å²) in [7, 11) is 0. The first kappa shape index (κ1) is 14.8. The van der Waals surface area contributed by atoms with E-state index >= 15 is 0 Å². The molecule has 0 atom stereocenters. The Labute approximate surface area is 137 Å². The average Bonchev–Trinajstić information content (AvgIpc) is 2.73. The number of amides is 1. The van der Waals surface area contributed by atoms with Gasteiger partial charge in [0.2, 0.25) is 5.91 Å². The summed E-state index contributed by atoms with van der Waals surface area (Å²) in [4.78, 5) is 16.5. The summed E-state index contributed by atoms with van der Waals surface area (Å²) >= 11 is 3.60. The van der Waals surface area contributed by atoms with Gasteiger partial charge in [0.15, 0.2) is 0 Å². The number of fused-ring (bicyclic) bond motifs is 1. The Balaban J connectivity index is 1.87. The van der Waals surface area contributed by atoms with Crippen LogP contribution in [-0.2, 0) is 11.3 Å². The largest absolute Gasteiger partial charge is 0.334 e. The average molecular weight is 358 g/mol. The Hall–Kier alpha value is -2.14. The number of hydrogen-bond acceptors (Lipinski definition) is 2. The van der Waals surface area contributed by atoms with Crippen molar-refractivity contribution in [3.8, 4) is 0 Å². The van der Waals surface area contributed by atoms with Crippen LogP contribution in [0, 0.1) is 13.8 Å². The highest BCUT2D eigenvalue weighted by Gasteiger charge is 2.14. The van der Waals surface area contributed by atoms with Crippen LogP contribution in [0.3, 0.4) is 0 Å². The summed E-state index contributed by atoms with van der Waals surface area (Å²) in [6, 6.07) is 11.8. The molecule has 0 fully saturated rings. The lowest BCUT2D eigenvalue weighted by Crippen LogP contribution is -2.20. The van der Waals surface area contributed by atoms with Gasteiger partial charge < -0.3 is 9.88 Å². The number of nitrogens with one attached hydrogen (secondary N) is 1. The van der Waals surface area contributed by atoms with Crippen molar-refractivity contribution in [3.63, 3.8) is 0 Å². The molecule has 2 aromatic heterocycles. The van der Waals surface area contributed by atoms with Crippen LogP contribution < -0.4 is 5.32 Å². The molecule has 0 bridgehead atoms. The summed E-state index contributed by atoms with van der Waals surface area (Å²) < 4.78 is 3.04. The number of aryl methyl sites for hydroxylation is 1. The minimum Gasteiger partial charge on any atom is -0.334 e. The van der Waals surface area contributed by atoms with Crippen LogP contribution in [-0.4, -0.2) is 15.5 Å². The van der Waals surface area contributed by atoms with Gasteiger partial charge in [-0.25, -0.2) is 4.98 Å². The number of pyridine rings is 1. The molecule has 2 heterocycles. The number of carbonyl (C=O) groups excluding carboxylic acids is 1. The van der Waals surface area contributed by atoms with Crippen molar-refractivity contribution in [2.45, 2.75) is 20.4 Å². The fourth-order valence-electron chi connectivity index (χ4n) is 2.52. The van der Waals surface area contributed by atoms with Crippen LogP contribution in [0.4, 0.5) is 5.82 Å². The van der Waals surface area contributed by atoms with Gasteiger partial charge in [-0.05, 0) is 53.5 Å². The number of carbonyl (C=O) groups is 1. The molecule has 22 heavy (non-hydrogen) atoms. The summed E-state index contributed by atoms with van der Waals surface area (Å²) in [5.41, 5.74) is 3.14. The van der Waals surface area contributed by atoms with E-state index < -0.39 is 0 Å². The molecule has 0 unspecified atom stereocenters. The molecular weight excluding hydrogens is 342 g/mol. The Morgan fingerprint density at radius 2 is 2.05 bits per heavy atom. The molecule has 0 aliphatic rings. The van der Waals surface area contributed by atoms with Crippen molar-refractivity contribution in [1.82, 2.24) is 9.55 Å². The second kappa shape index (κ2) is 5.93. The van der Waals surface area contributed by atoms with Crippen LogP contribution >= 0.6 is 15.9 Å². The number of nitrogens with zero attached hydrogens (tertiary/aromatic N) is 2. The monoisotopic (exact) mass is 357 g/mol. The number of hydrogen-bond donors (Lipinski definition) is 1. The normalized spacial score (nSPS) is 10.9. The Morgan fingerprint density at radius 1 is 1.27 bits per heavy atom. The predicted molar refractivity (Wildman–Crippen MR) is 92.0 cm³/mol. The maximum absolute atomic E-state index is 12.3. The molecule has 0 saturated carbocycles. The number of para-hydroxylation sites is 1. The zero-order valence-electron chi connectivity index (χ0n) is 12.4. The third-order valence-electron chi connectivity index (χ3n) is 3.64. The summed E-state index contributed by atoms with van der Waals surface area (Å²) in [6.07, 6.45) is 1.69. The number of benzene rings is 1. The van der Waals surface area contributed by atoms with Crippen molar-refractivity contribution in [3.05, 3.63) is 58.3 Å². The molecule has 0 saturated heterocycles. The lowest BCUT2D eigenvalue weighted by molar-refractivity contribution is -0.116. The van der Waals surface area contributed by atoms with Gasteiger partial charge in [-0.2, -0.15) is 0 Å². The summed E-state index contributed by atoms with van der Waals surface area (Å²) in [5, 5.41) is 3.96. The van der Waals surface area contributed by atoms with E-state index in [0.717, 1.165) is 26.6 Å². The topological polar surface area (TPSA) is 46.9 Å². The van der Waals surface area contributed by atoms with Crippen LogP contribution in [0.2, 0.25) is 0 Å². The van der Waals surface area contributed by atoms with Crippen molar-refractivity contribution in [1.29, 1.82) is 0 Å². The van der Waals surface area contributed by atoms with Gasteiger partial charge in [-0.3, -0.25) is 4.79 Å². The Morgan fingerprint density at radius 3 is 2.82 bits per heavy atom. The maximum Gasteiger partial charge on any atom is 0.245 e. The maximum atomic E-state index is 12.3. The zero-order valence-corrected chi connectivity index (χ0v) is 14.0. The molecule has 0 spiro atoms. The van der Waals surface area contributed by atoms with E-state index in [1.807, 2.05) is 54.8 Å². The van der Waals surface area contributed by atoms with Crippen LogP contribution in [0.15, 0.2) is 47.1 Å². The quantitative estimate of drug-likeness (QED) is 0.768. The highest BCUT2D eigenvalue weighted by Crippen LogP contribution is 2.30. The zero-order chi connectivity index (χ0) is 15.7. The molecule has 112 valence electrons. The first-order valence-corrected chi connectivity index (χ1v) is 7.81. The minimum atomic E-state index is -0.0885. The van der Waals surface area contributed by atoms with Crippen LogP contribution in [0.5, 0.6) is 0 Å². The molecule has 3 rings (SSSR count). The molecule has 0 aliphatic heterocycles. The van der Waals surface area contributed by atoms with Crippen molar-refractivity contribution in [2.75, 3.05) is 5.32 Å². The summed E-state index contributed by atoms with van der Waals surface area (Å²) in [6.45, 7) is 4.23. The number of aromatic nitrogens is 2. The number of halogens is 1. The smallest absolute Gasteiger partial charge is 0.245 e. The molecular formula is C17H16BrN3O. The van der Waals surface area contributed by atoms with Gasteiger partial charge in [0.1, 0.15) is 12.4 Å². The highest BCUT2D eigenvalue weighted by atomic mass is 79.9. The van der Waals surface area contributed by atoms with Crippen molar-refractivity contribution >= 4 is 38.6 Å². The van der Waals surface area contributed by atoms with Crippen LogP contribution in [0.1, 0.15) is 11.3 Å². The van der Waals surface area contributed by atoms with Gasteiger partial charge in [0.25, 0.3) is 0 Å². The summed E-state index contributed by atoms with van der Waals surface area (Å²) in [5.74, 6) is 0.493. The van der Waals surface area contributed by atoms with E-state index in [1.54, 1.807) is 6.20 Å². The molecule has 3 aromatic rings. The first-order valence-electron chi connectivity index (χ1n) is 7.02. The standard InChI is InChI=1S/C17H16BrN3O/c1-11-7-8-19-15(9-11)20-16(22)10-21-12(2)17(18)13-5-3-4-6-14(13)21/h3-9H,10H2,1-2H3,(H,19,20,22). The molecule has 0 radical (unpaired) electrons. The van der Waals surface area contributed by atoms with E-state index in [0.29, 0.717) is 5.82 Å². The molecule has 1 N–H and O–H groups in total. The van der Waals surface area contributed by atoms with Gasteiger partial charge in [0, 0.05) is 27.3 Å². The third kappa shape index (κ3) is 2.76. The van der Waals surface area contributed by atoms with Gasteiger partial charge in [-0.15, -0.1) is 0 Å². The van der Waals surface area contributed by atoms with Gasteiger partial charge in [-0.1, -0.05) is 18.2 Å². The van der Waals surface area contributed by atoms with E-state index in [9.17, 15) is 4.79 Å². The van der Waals surface area contributed by atoms with Crippen molar-refractivity contribution in [2.24, 2.45) is 0 Å². The van der Waals surface area contributed by atoms with Gasteiger partial charge >= 0.3 is 0 Å². The van der Waals surface area contributed by atoms with E-state index in [-0.39, 0.29) is 12.5 Å². The second-order valence-corrected chi connectivity index (χ2v) is 6.06. The lowest BCUT2D eigenvalue weighted by atomic mass is 10.2. The molecule has 1 aromatic carbocycles. The predicted octanol–water partition coefficient (Wildman–Crippen LogP) is 4.05. The minimum absolute atomic E-state index is 0.0885. The lowest BCUT2D eigenvalue weighted by Gasteiger charge is -2.09.